The van der Waals surface area contributed by atoms with Crippen molar-refractivity contribution >= 4 is 11.4 Å². The molecular formula is C20H19N5O2. The Bertz CT molecular complexity index is 948. The second-order valence-corrected chi connectivity index (χ2v) is 6.33. The summed E-state index contributed by atoms with van der Waals surface area (Å²) < 4.78 is 7.14. The summed E-state index contributed by atoms with van der Waals surface area (Å²) in [6, 6.07) is 3.76. The lowest BCUT2D eigenvalue weighted by molar-refractivity contribution is -0.119. The van der Waals surface area contributed by atoms with E-state index in [0.717, 1.165) is 29.1 Å². The van der Waals surface area contributed by atoms with Crippen LogP contribution in [0.4, 0.5) is 0 Å². The first-order valence-electron chi connectivity index (χ1n) is 8.80. The first-order valence-corrected chi connectivity index (χ1v) is 8.80. The van der Waals surface area contributed by atoms with Crippen LogP contribution in [0.5, 0.6) is 0 Å². The average molecular weight is 361 g/mol. The Kier molecular flexibility index (Phi) is 5.11. The van der Waals surface area contributed by atoms with Gasteiger partial charge >= 0.3 is 0 Å². The molecule has 7 heteroatoms. The van der Waals surface area contributed by atoms with Crippen LogP contribution in [-0.4, -0.2) is 43.5 Å². The van der Waals surface area contributed by atoms with Crippen LogP contribution in [0.1, 0.15) is 17.8 Å². The molecule has 4 heterocycles. The maximum Gasteiger partial charge on any atom is 0.158 e. The van der Waals surface area contributed by atoms with Gasteiger partial charge < -0.3 is 9.30 Å². The Labute approximate surface area is 156 Å². The van der Waals surface area contributed by atoms with Crippen molar-refractivity contribution in [3.8, 4) is 11.3 Å². The summed E-state index contributed by atoms with van der Waals surface area (Å²) in [5.74, 6) is 0.0830. The van der Waals surface area contributed by atoms with Crippen molar-refractivity contribution in [2.45, 2.75) is 19.4 Å². The molecule has 0 aromatic carbocycles. The zero-order chi connectivity index (χ0) is 18.5. The number of Topliss-reactive ketones (excluding diaryl/α,β-unsaturated/α-hetero) is 1. The molecule has 3 aromatic rings. The standard InChI is InChI=1S/C20H19N5O2/c26-18(12-25-13-20(24-14-25)15-3-7-27-8-4-15)9-17-2-1-16(10-23-17)19-11-21-5-6-22-19/h1-3,5-6,10-11,13-14H,4,7-9,12H2. The molecule has 4 rings (SSSR count). The summed E-state index contributed by atoms with van der Waals surface area (Å²) in [7, 11) is 0. The van der Waals surface area contributed by atoms with Crippen molar-refractivity contribution in [3.05, 3.63) is 66.9 Å². The number of aromatic nitrogens is 5. The quantitative estimate of drug-likeness (QED) is 0.670. The molecule has 0 saturated heterocycles. The van der Waals surface area contributed by atoms with Gasteiger partial charge in [0, 0.05) is 36.0 Å². The smallest absolute Gasteiger partial charge is 0.158 e. The second kappa shape index (κ2) is 8.01. The van der Waals surface area contributed by atoms with Crippen molar-refractivity contribution in [2.75, 3.05) is 13.2 Å². The van der Waals surface area contributed by atoms with E-state index in [1.807, 2.05) is 29.0 Å². The molecule has 136 valence electrons. The van der Waals surface area contributed by atoms with E-state index in [4.69, 9.17) is 4.74 Å². The summed E-state index contributed by atoms with van der Waals surface area (Å²) in [5, 5.41) is 0. The molecule has 0 aliphatic carbocycles. The highest BCUT2D eigenvalue weighted by molar-refractivity contribution is 5.80. The topological polar surface area (TPSA) is 82.8 Å². The minimum Gasteiger partial charge on any atom is -0.377 e. The van der Waals surface area contributed by atoms with E-state index in [1.54, 1.807) is 31.1 Å². The third kappa shape index (κ3) is 4.32. The van der Waals surface area contributed by atoms with Crippen molar-refractivity contribution in [1.82, 2.24) is 24.5 Å². The minimum absolute atomic E-state index is 0.0830. The number of hydrogen-bond acceptors (Lipinski definition) is 6. The lowest BCUT2D eigenvalue weighted by Crippen LogP contribution is -2.12. The van der Waals surface area contributed by atoms with Crippen molar-refractivity contribution in [1.29, 1.82) is 0 Å². The zero-order valence-electron chi connectivity index (χ0n) is 14.8. The van der Waals surface area contributed by atoms with Crippen LogP contribution in [0.25, 0.3) is 16.8 Å². The zero-order valence-corrected chi connectivity index (χ0v) is 14.8. The van der Waals surface area contributed by atoms with Gasteiger partial charge in [-0.1, -0.05) is 6.08 Å². The molecule has 0 N–H and O–H groups in total. The number of pyridine rings is 1. The predicted octanol–water partition coefficient (Wildman–Crippen LogP) is 2.35. The fourth-order valence-corrected chi connectivity index (χ4v) is 2.96. The molecule has 0 atom stereocenters. The number of nitrogens with zero attached hydrogens (tertiary/aromatic N) is 5. The van der Waals surface area contributed by atoms with Crippen LogP contribution < -0.4 is 0 Å². The van der Waals surface area contributed by atoms with Gasteiger partial charge in [0.05, 0.1) is 50.1 Å². The summed E-state index contributed by atoms with van der Waals surface area (Å²) >= 11 is 0. The van der Waals surface area contributed by atoms with E-state index in [2.05, 4.69) is 19.9 Å². The van der Waals surface area contributed by atoms with Crippen LogP contribution in [0.3, 0.4) is 0 Å². The molecular weight excluding hydrogens is 342 g/mol. The highest BCUT2D eigenvalue weighted by atomic mass is 16.5. The molecule has 0 saturated carbocycles. The highest BCUT2D eigenvalue weighted by Crippen LogP contribution is 2.19. The summed E-state index contributed by atoms with van der Waals surface area (Å²) in [6.07, 6.45) is 13.5. The molecule has 0 amide bonds. The fourth-order valence-electron chi connectivity index (χ4n) is 2.96. The van der Waals surface area contributed by atoms with Crippen molar-refractivity contribution < 1.29 is 9.53 Å². The third-order valence-corrected chi connectivity index (χ3v) is 4.35. The van der Waals surface area contributed by atoms with Gasteiger partial charge in [0.25, 0.3) is 0 Å². The molecule has 0 spiro atoms. The third-order valence-electron chi connectivity index (χ3n) is 4.35. The van der Waals surface area contributed by atoms with Gasteiger partial charge in [-0.2, -0.15) is 0 Å². The lowest BCUT2D eigenvalue weighted by Gasteiger charge is -2.10. The average Bonchev–Trinajstić information content (AvgIpc) is 3.18. The van der Waals surface area contributed by atoms with E-state index in [-0.39, 0.29) is 18.7 Å². The van der Waals surface area contributed by atoms with E-state index in [1.165, 1.54) is 5.57 Å². The van der Waals surface area contributed by atoms with Crippen LogP contribution in [0.15, 0.2) is 55.5 Å². The Balaban J connectivity index is 1.37. The Hall–Kier alpha value is -3.19. The van der Waals surface area contributed by atoms with E-state index in [0.29, 0.717) is 13.2 Å². The molecule has 0 radical (unpaired) electrons. The van der Waals surface area contributed by atoms with Gasteiger partial charge in [0.1, 0.15) is 0 Å². The van der Waals surface area contributed by atoms with Crippen LogP contribution in [0.2, 0.25) is 0 Å². The van der Waals surface area contributed by atoms with E-state index < -0.39 is 0 Å². The fraction of sp³-hybridized carbons (Fsp3) is 0.250. The number of carbonyl (C=O) groups excluding carboxylic acids is 1. The van der Waals surface area contributed by atoms with E-state index >= 15 is 0 Å². The molecule has 0 bridgehead atoms. The molecule has 3 aromatic heterocycles. The van der Waals surface area contributed by atoms with Crippen molar-refractivity contribution in [3.63, 3.8) is 0 Å². The van der Waals surface area contributed by atoms with Gasteiger partial charge in [-0.3, -0.25) is 19.7 Å². The van der Waals surface area contributed by atoms with Gasteiger partial charge in [-0.25, -0.2) is 4.98 Å². The molecule has 0 fully saturated rings. The Morgan fingerprint density at radius 2 is 2.07 bits per heavy atom. The van der Waals surface area contributed by atoms with Crippen LogP contribution >= 0.6 is 0 Å². The van der Waals surface area contributed by atoms with E-state index in [9.17, 15) is 4.79 Å². The number of imidazole rings is 1. The monoisotopic (exact) mass is 361 g/mol. The number of hydrogen-bond donors (Lipinski definition) is 0. The largest absolute Gasteiger partial charge is 0.377 e. The number of ketones is 1. The first kappa shape index (κ1) is 17.2. The number of carbonyl (C=O) groups is 1. The normalized spacial score (nSPS) is 14.0. The Morgan fingerprint density at radius 3 is 2.81 bits per heavy atom. The van der Waals surface area contributed by atoms with Gasteiger partial charge in [0.15, 0.2) is 5.78 Å². The highest BCUT2D eigenvalue weighted by Gasteiger charge is 2.11. The van der Waals surface area contributed by atoms with Crippen molar-refractivity contribution in [2.24, 2.45) is 0 Å². The summed E-state index contributed by atoms with van der Waals surface area (Å²) in [4.78, 5) is 29.5. The molecule has 1 aliphatic rings. The molecule has 0 unspecified atom stereocenters. The maximum absolute atomic E-state index is 12.4. The minimum atomic E-state index is 0.0830. The van der Waals surface area contributed by atoms with Gasteiger partial charge in [0.2, 0.25) is 0 Å². The summed E-state index contributed by atoms with van der Waals surface area (Å²) in [6.45, 7) is 1.62. The second-order valence-electron chi connectivity index (χ2n) is 6.33. The Morgan fingerprint density at radius 1 is 1.11 bits per heavy atom. The number of rotatable bonds is 6. The van der Waals surface area contributed by atoms with Crippen LogP contribution in [-0.2, 0) is 22.5 Å². The van der Waals surface area contributed by atoms with Gasteiger partial charge in [-0.15, -0.1) is 0 Å². The van der Waals surface area contributed by atoms with Gasteiger partial charge in [-0.05, 0) is 24.1 Å². The SMILES string of the molecule is O=C(Cc1ccc(-c2cnccn2)cn1)Cn1cnc(C2=CCOCC2)c1. The lowest BCUT2D eigenvalue weighted by atomic mass is 10.1. The molecule has 1 aliphatic heterocycles. The first-order chi connectivity index (χ1) is 13.3. The summed E-state index contributed by atoms with van der Waals surface area (Å²) in [5.41, 5.74) is 4.46. The molecule has 7 nitrogen and oxygen atoms in total. The molecule has 27 heavy (non-hydrogen) atoms. The predicted molar refractivity (Wildman–Crippen MR) is 99.6 cm³/mol. The maximum atomic E-state index is 12.4. The number of ether oxygens (including phenoxy) is 1. The van der Waals surface area contributed by atoms with Crippen LogP contribution in [0, 0.1) is 0 Å².